The van der Waals surface area contributed by atoms with Crippen LogP contribution in [-0.2, 0) is 11.3 Å². The summed E-state index contributed by atoms with van der Waals surface area (Å²) in [6.07, 6.45) is 0. The van der Waals surface area contributed by atoms with Crippen molar-refractivity contribution in [2.45, 2.75) is 13.5 Å². The Bertz CT molecular complexity index is 928. The Morgan fingerprint density at radius 3 is 2.81 bits per heavy atom. The first-order chi connectivity index (χ1) is 12.5. The van der Waals surface area contributed by atoms with Crippen LogP contribution in [0.2, 0.25) is 10.0 Å². The zero-order valence-electron chi connectivity index (χ0n) is 13.8. The van der Waals surface area contributed by atoms with E-state index in [1.54, 1.807) is 18.2 Å². The maximum atomic E-state index is 11.9. The molecule has 3 rings (SSSR count). The lowest BCUT2D eigenvalue weighted by Crippen LogP contribution is -2.28. The van der Waals surface area contributed by atoms with Gasteiger partial charge in [0.25, 0.3) is 5.91 Å². The third kappa shape index (κ3) is 4.74. The summed E-state index contributed by atoms with van der Waals surface area (Å²) in [6.45, 7) is 1.89. The highest BCUT2D eigenvalue weighted by Gasteiger charge is 2.11. The number of nitrogens with one attached hydrogen (secondary N) is 1. The highest BCUT2D eigenvalue weighted by molar-refractivity contribution is 6.35. The second kappa shape index (κ2) is 8.21. The molecular weight excluding hydrogens is 377 g/mol. The summed E-state index contributed by atoms with van der Waals surface area (Å²) in [7, 11) is 0. The van der Waals surface area contributed by atoms with Crippen molar-refractivity contribution in [2.24, 2.45) is 0 Å². The lowest BCUT2D eigenvalue weighted by atomic mass is 10.1. The molecule has 0 aliphatic heterocycles. The van der Waals surface area contributed by atoms with Gasteiger partial charge in [-0.1, -0.05) is 40.9 Å². The maximum absolute atomic E-state index is 11.9. The summed E-state index contributed by atoms with van der Waals surface area (Å²) in [5.41, 5.74) is 1.92. The van der Waals surface area contributed by atoms with Crippen LogP contribution in [0.25, 0.3) is 11.5 Å². The number of aromatic nitrogens is 2. The van der Waals surface area contributed by atoms with Gasteiger partial charge < -0.3 is 14.5 Å². The van der Waals surface area contributed by atoms with Gasteiger partial charge in [0.05, 0.1) is 11.6 Å². The fraction of sp³-hybridized carbons (Fsp3) is 0.167. The molecule has 1 aromatic heterocycles. The fourth-order valence-corrected chi connectivity index (χ4v) is 2.64. The molecule has 6 nitrogen and oxygen atoms in total. The summed E-state index contributed by atoms with van der Waals surface area (Å²) < 4.78 is 10.9. The molecule has 2 aromatic carbocycles. The predicted molar refractivity (Wildman–Crippen MR) is 98.3 cm³/mol. The van der Waals surface area contributed by atoms with E-state index >= 15 is 0 Å². The molecule has 0 spiro atoms. The van der Waals surface area contributed by atoms with Crippen LogP contribution >= 0.6 is 23.2 Å². The van der Waals surface area contributed by atoms with Gasteiger partial charge in [0.1, 0.15) is 5.75 Å². The number of hydrogen-bond donors (Lipinski definition) is 1. The first-order valence-electron chi connectivity index (χ1n) is 7.75. The molecule has 3 aromatic rings. The number of carbonyl (C=O) groups is 1. The Hall–Kier alpha value is -2.57. The number of ether oxygens (including phenoxy) is 1. The quantitative estimate of drug-likeness (QED) is 0.685. The summed E-state index contributed by atoms with van der Waals surface area (Å²) in [6, 6.07) is 12.5. The molecule has 0 saturated carbocycles. The summed E-state index contributed by atoms with van der Waals surface area (Å²) in [5.74, 6) is 0.749. The molecule has 0 aliphatic rings. The van der Waals surface area contributed by atoms with Gasteiger partial charge in [0.15, 0.2) is 6.61 Å². The van der Waals surface area contributed by atoms with Crippen LogP contribution in [0.3, 0.4) is 0 Å². The number of rotatable bonds is 6. The molecule has 0 aliphatic carbocycles. The van der Waals surface area contributed by atoms with Crippen molar-refractivity contribution in [1.82, 2.24) is 15.5 Å². The molecule has 0 atom stereocenters. The third-order valence-corrected chi connectivity index (χ3v) is 3.95. The second-order valence-electron chi connectivity index (χ2n) is 5.51. The standard InChI is InChI=1S/C18H15Cl2N3O3/c1-11-3-2-4-12(7-11)18-23-22-17(26-18)9-21-16(24)10-25-15-6-5-13(19)8-14(15)20/h2-8H,9-10H2,1H3,(H,21,24). The van der Waals surface area contributed by atoms with Crippen molar-refractivity contribution in [2.75, 3.05) is 6.61 Å². The number of carbonyl (C=O) groups excluding carboxylic acids is 1. The average Bonchev–Trinajstić information content (AvgIpc) is 3.08. The maximum Gasteiger partial charge on any atom is 0.258 e. The van der Waals surface area contributed by atoms with Crippen LogP contribution in [0.1, 0.15) is 11.5 Å². The van der Waals surface area contributed by atoms with Crippen LogP contribution < -0.4 is 10.1 Å². The number of benzene rings is 2. The molecule has 0 unspecified atom stereocenters. The molecule has 0 saturated heterocycles. The van der Waals surface area contributed by atoms with Gasteiger partial charge >= 0.3 is 0 Å². The summed E-state index contributed by atoms with van der Waals surface area (Å²) >= 11 is 11.8. The minimum atomic E-state index is -0.341. The van der Waals surface area contributed by atoms with Crippen LogP contribution in [-0.4, -0.2) is 22.7 Å². The topological polar surface area (TPSA) is 77.2 Å². The normalized spacial score (nSPS) is 10.6. The summed E-state index contributed by atoms with van der Waals surface area (Å²) in [5, 5.41) is 11.4. The van der Waals surface area contributed by atoms with Crippen molar-refractivity contribution in [3.05, 3.63) is 64.0 Å². The molecule has 0 bridgehead atoms. The van der Waals surface area contributed by atoms with Gasteiger partial charge in [0.2, 0.25) is 11.8 Å². The Kier molecular flexibility index (Phi) is 5.75. The minimum absolute atomic E-state index is 0.107. The van der Waals surface area contributed by atoms with Crippen LogP contribution in [0.15, 0.2) is 46.9 Å². The monoisotopic (exact) mass is 391 g/mol. The second-order valence-corrected chi connectivity index (χ2v) is 6.35. The SMILES string of the molecule is Cc1cccc(-c2nnc(CNC(=O)COc3ccc(Cl)cc3Cl)o2)c1. The van der Waals surface area contributed by atoms with Crippen LogP contribution in [0.5, 0.6) is 5.75 Å². The van der Waals surface area contributed by atoms with Gasteiger partial charge in [-0.3, -0.25) is 4.79 Å². The molecule has 1 amide bonds. The van der Waals surface area contributed by atoms with E-state index in [4.69, 9.17) is 32.4 Å². The zero-order chi connectivity index (χ0) is 18.5. The van der Waals surface area contributed by atoms with Crippen molar-refractivity contribution < 1.29 is 13.9 Å². The Morgan fingerprint density at radius 1 is 1.19 bits per heavy atom. The van der Waals surface area contributed by atoms with Gasteiger partial charge in [0, 0.05) is 10.6 Å². The van der Waals surface area contributed by atoms with E-state index in [9.17, 15) is 4.79 Å². The molecule has 134 valence electrons. The Morgan fingerprint density at radius 2 is 2.04 bits per heavy atom. The molecule has 1 N–H and O–H groups in total. The van der Waals surface area contributed by atoms with Crippen molar-refractivity contribution in [1.29, 1.82) is 0 Å². The van der Waals surface area contributed by atoms with E-state index in [-0.39, 0.29) is 19.1 Å². The van der Waals surface area contributed by atoms with E-state index in [0.717, 1.165) is 11.1 Å². The number of aryl methyl sites for hydroxylation is 1. The van der Waals surface area contributed by atoms with E-state index in [1.807, 2.05) is 31.2 Å². The third-order valence-electron chi connectivity index (χ3n) is 3.42. The van der Waals surface area contributed by atoms with Gasteiger partial charge in [-0.2, -0.15) is 0 Å². The van der Waals surface area contributed by atoms with E-state index in [1.165, 1.54) is 0 Å². The van der Waals surface area contributed by atoms with E-state index < -0.39 is 0 Å². The predicted octanol–water partition coefficient (Wildman–Crippen LogP) is 4.05. The molecule has 26 heavy (non-hydrogen) atoms. The number of amides is 1. The first-order valence-corrected chi connectivity index (χ1v) is 8.51. The molecule has 0 fully saturated rings. The number of nitrogens with zero attached hydrogens (tertiary/aromatic N) is 2. The van der Waals surface area contributed by atoms with Crippen molar-refractivity contribution in [3.8, 4) is 17.2 Å². The number of halogens is 2. The Labute approximate surface area is 160 Å². The van der Waals surface area contributed by atoms with Gasteiger partial charge in [-0.05, 0) is 37.3 Å². The fourth-order valence-electron chi connectivity index (χ4n) is 2.18. The van der Waals surface area contributed by atoms with Crippen molar-refractivity contribution >= 4 is 29.1 Å². The largest absolute Gasteiger partial charge is 0.482 e. The molecule has 0 radical (unpaired) electrons. The van der Waals surface area contributed by atoms with E-state index in [2.05, 4.69) is 15.5 Å². The summed E-state index contributed by atoms with van der Waals surface area (Å²) in [4.78, 5) is 11.9. The first kappa shape index (κ1) is 18.2. The lowest BCUT2D eigenvalue weighted by molar-refractivity contribution is -0.123. The minimum Gasteiger partial charge on any atom is -0.482 e. The Balaban J connectivity index is 1.52. The van der Waals surface area contributed by atoms with Crippen molar-refractivity contribution in [3.63, 3.8) is 0 Å². The molecule has 8 heteroatoms. The average molecular weight is 392 g/mol. The molecule has 1 heterocycles. The highest BCUT2D eigenvalue weighted by Crippen LogP contribution is 2.27. The zero-order valence-corrected chi connectivity index (χ0v) is 15.3. The van der Waals surface area contributed by atoms with Gasteiger partial charge in [-0.25, -0.2) is 0 Å². The van der Waals surface area contributed by atoms with E-state index in [0.29, 0.717) is 27.6 Å². The smallest absolute Gasteiger partial charge is 0.258 e. The van der Waals surface area contributed by atoms with Crippen LogP contribution in [0, 0.1) is 6.92 Å². The van der Waals surface area contributed by atoms with Crippen LogP contribution in [0.4, 0.5) is 0 Å². The molecular formula is C18H15Cl2N3O3. The lowest BCUT2D eigenvalue weighted by Gasteiger charge is -2.08. The highest BCUT2D eigenvalue weighted by atomic mass is 35.5. The number of hydrogen-bond acceptors (Lipinski definition) is 5. The van der Waals surface area contributed by atoms with Gasteiger partial charge in [-0.15, -0.1) is 10.2 Å².